The maximum absolute atomic E-state index is 12.6. The summed E-state index contributed by atoms with van der Waals surface area (Å²) in [5.74, 6) is 0.782. The van der Waals surface area contributed by atoms with Crippen LogP contribution < -0.4 is 4.74 Å². The molecule has 1 aliphatic heterocycles. The number of ether oxygens (including phenoxy) is 1. The van der Waals surface area contributed by atoms with Crippen LogP contribution in [-0.2, 0) is 11.2 Å². The normalized spacial score (nSPS) is 20.1. The second kappa shape index (κ2) is 6.88. The lowest BCUT2D eigenvalue weighted by atomic mass is 10.1. The van der Waals surface area contributed by atoms with E-state index >= 15 is 0 Å². The van der Waals surface area contributed by atoms with E-state index in [2.05, 4.69) is 10.2 Å². The Morgan fingerprint density at radius 3 is 2.80 bits per heavy atom. The van der Waals surface area contributed by atoms with E-state index < -0.39 is 5.60 Å². The van der Waals surface area contributed by atoms with Crippen molar-refractivity contribution < 1.29 is 14.6 Å². The summed E-state index contributed by atoms with van der Waals surface area (Å²) in [4.78, 5) is 14.3. The summed E-state index contributed by atoms with van der Waals surface area (Å²) >= 11 is 0. The summed E-state index contributed by atoms with van der Waals surface area (Å²) in [6.07, 6.45) is 0.830. The van der Waals surface area contributed by atoms with Gasteiger partial charge in [-0.15, -0.1) is 0 Å². The van der Waals surface area contributed by atoms with Gasteiger partial charge in [-0.2, -0.15) is 5.10 Å². The van der Waals surface area contributed by atoms with Crippen LogP contribution in [0.2, 0.25) is 0 Å². The molecule has 2 aromatic rings. The molecule has 0 aliphatic carbocycles. The van der Waals surface area contributed by atoms with E-state index in [1.807, 2.05) is 45.0 Å². The molecular formula is C19H25N3O3. The van der Waals surface area contributed by atoms with Crippen LogP contribution in [-0.4, -0.2) is 51.4 Å². The summed E-state index contributed by atoms with van der Waals surface area (Å²) in [6.45, 7) is 6.81. The van der Waals surface area contributed by atoms with Crippen molar-refractivity contribution >= 4 is 5.91 Å². The van der Waals surface area contributed by atoms with Gasteiger partial charge in [0, 0.05) is 17.8 Å². The molecule has 1 saturated heterocycles. The van der Waals surface area contributed by atoms with Crippen molar-refractivity contribution in [2.75, 3.05) is 19.7 Å². The summed E-state index contributed by atoms with van der Waals surface area (Å²) in [5, 5.41) is 17.8. The number of aliphatic hydroxyl groups is 1. The lowest BCUT2D eigenvalue weighted by Crippen LogP contribution is -2.41. The highest BCUT2D eigenvalue weighted by molar-refractivity contribution is 5.79. The molecular weight excluding hydrogens is 318 g/mol. The molecule has 1 atom stereocenters. The predicted octanol–water partition coefficient (Wildman–Crippen LogP) is 1.92. The number of aryl methyl sites for hydroxylation is 3. The number of likely N-dealkylation sites (tertiary alicyclic amines) is 1. The number of nitrogens with zero attached hydrogens (tertiary/aromatic N) is 2. The number of rotatable bonds is 5. The van der Waals surface area contributed by atoms with Gasteiger partial charge in [0.05, 0.1) is 18.7 Å². The molecule has 0 saturated carbocycles. The molecule has 0 radical (unpaired) electrons. The monoisotopic (exact) mass is 343 g/mol. The van der Waals surface area contributed by atoms with Crippen LogP contribution in [0.4, 0.5) is 0 Å². The Morgan fingerprint density at radius 2 is 2.12 bits per heavy atom. The number of aromatic nitrogens is 2. The van der Waals surface area contributed by atoms with Crippen LogP contribution in [0, 0.1) is 20.8 Å². The Bertz CT molecular complexity index is 752. The van der Waals surface area contributed by atoms with Crippen molar-refractivity contribution in [2.24, 2.45) is 0 Å². The molecule has 6 heteroatoms. The minimum absolute atomic E-state index is 0.0133. The van der Waals surface area contributed by atoms with E-state index in [4.69, 9.17) is 4.74 Å². The first-order valence-corrected chi connectivity index (χ1v) is 8.57. The standard InChI is InChI=1S/C19H25N3O3/c1-13-6-4-5-7-17(13)25-12-19(24)8-9-22(11-19)18(23)10-16-14(2)20-21-15(16)3/h4-7,24H,8-12H2,1-3H3,(H,20,21)/t19-/m0/s1. The van der Waals surface area contributed by atoms with Gasteiger partial charge < -0.3 is 14.7 Å². The third-order valence-electron chi connectivity index (χ3n) is 4.88. The molecule has 2 N–H and O–H groups in total. The van der Waals surface area contributed by atoms with Crippen LogP contribution in [0.1, 0.15) is 28.9 Å². The fourth-order valence-corrected chi connectivity index (χ4v) is 3.22. The third kappa shape index (κ3) is 3.85. The molecule has 1 aliphatic rings. The minimum Gasteiger partial charge on any atom is -0.490 e. The maximum atomic E-state index is 12.6. The summed E-state index contributed by atoms with van der Waals surface area (Å²) in [5.41, 5.74) is 2.74. The maximum Gasteiger partial charge on any atom is 0.227 e. The highest BCUT2D eigenvalue weighted by atomic mass is 16.5. The number of carbonyl (C=O) groups excluding carboxylic acids is 1. The van der Waals surface area contributed by atoms with Gasteiger partial charge in [0.1, 0.15) is 18.0 Å². The number of carbonyl (C=O) groups is 1. The van der Waals surface area contributed by atoms with Crippen molar-refractivity contribution in [3.8, 4) is 5.75 Å². The van der Waals surface area contributed by atoms with Gasteiger partial charge in [-0.25, -0.2) is 0 Å². The van der Waals surface area contributed by atoms with E-state index in [0.29, 0.717) is 25.9 Å². The van der Waals surface area contributed by atoms with Crippen LogP contribution in [0.25, 0.3) is 0 Å². The lowest BCUT2D eigenvalue weighted by Gasteiger charge is -2.24. The Hall–Kier alpha value is -2.34. The minimum atomic E-state index is -1.00. The molecule has 1 aromatic heterocycles. The van der Waals surface area contributed by atoms with Crippen LogP contribution in [0.5, 0.6) is 5.75 Å². The smallest absolute Gasteiger partial charge is 0.227 e. The summed E-state index contributed by atoms with van der Waals surface area (Å²) in [6, 6.07) is 7.72. The number of amides is 1. The van der Waals surface area contributed by atoms with Gasteiger partial charge in [0.25, 0.3) is 0 Å². The van der Waals surface area contributed by atoms with Gasteiger partial charge in [-0.05, 0) is 38.8 Å². The molecule has 134 valence electrons. The van der Waals surface area contributed by atoms with Gasteiger partial charge in [0.2, 0.25) is 5.91 Å². The number of H-pyrrole nitrogens is 1. The zero-order valence-electron chi connectivity index (χ0n) is 15.0. The van der Waals surface area contributed by atoms with E-state index in [9.17, 15) is 9.90 Å². The molecule has 1 amide bonds. The van der Waals surface area contributed by atoms with Crippen LogP contribution >= 0.6 is 0 Å². The molecule has 25 heavy (non-hydrogen) atoms. The first kappa shape index (κ1) is 17.5. The highest BCUT2D eigenvalue weighted by Crippen LogP contribution is 2.25. The second-order valence-corrected chi connectivity index (χ2v) is 6.93. The van der Waals surface area contributed by atoms with Gasteiger partial charge >= 0.3 is 0 Å². The zero-order valence-corrected chi connectivity index (χ0v) is 15.0. The topological polar surface area (TPSA) is 78.5 Å². The van der Waals surface area contributed by atoms with Crippen LogP contribution in [0.3, 0.4) is 0 Å². The van der Waals surface area contributed by atoms with Gasteiger partial charge in [-0.1, -0.05) is 18.2 Å². The fraction of sp³-hybridized carbons (Fsp3) is 0.474. The van der Waals surface area contributed by atoms with Crippen molar-refractivity contribution in [3.63, 3.8) is 0 Å². The zero-order chi connectivity index (χ0) is 18.0. The largest absolute Gasteiger partial charge is 0.490 e. The van der Waals surface area contributed by atoms with Crippen molar-refractivity contribution in [1.29, 1.82) is 0 Å². The molecule has 1 aromatic carbocycles. The molecule has 0 spiro atoms. The average Bonchev–Trinajstić information content (AvgIpc) is 3.12. The molecule has 6 nitrogen and oxygen atoms in total. The van der Waals surface area contributed by atoms with E-state index in [1.165, 1.54) is 0 Å². The first-order chi connectivity index (χ1) is 11.9. The summed E-state index contributed by atoms with van der Waals surface area (Å²) < 4.78 is 5.79. The van der Waals surface area contributed by atoms with Crippen molar-refractivity contribution in [3.05, 3.63) is 46.8 Å². The SMILES string of the molecule is Cc1ccccc1OC[C@]1(O)CCN(C(=O)Cc2c(C)n[nH]c2C)C1. The Kier molecular flexibility index (Phi) is 4.81. The number of hydrogen-bond donors (Lipinski definition) is 2. The molecule has 2 heterocycles. The molecule has 0 unspecified atom stereocenters. The number of nitrogens with one attached hydrogen (secondary N) is 1. The van der Waals surface area contributed by atoms with Gasteiger partial charge in [0.15, 0.2) is 0 Å². The highest BCUT2D eigenvalue weighted by Gasteiger charge is 2.39. The number of aromatic amines is 1. The Labute approximate surface area is 147 Å². The van der Waals surface area contributed by atoms with Crippen LogP contribution in [0.15, 0.2) is 24.3 Å². The van der Waals surface area contributed by atoms with Gasteiger partial charge in [-0.3, -0.25) is 9.89 Å². The Morgan fingerprint density at radius 1 is 1.36 bits per heavy atom. The van der Waals surface area contributed by atoms with Crippen molar-refractivity contribution in [2.45, 2.75) is 39.2 Å². The number of β-amino-alcohol motifs (C(OH)–C–C–N with tert-alkyl or cyclic N) is 1. The summed E-state index contributed by atoms with van der Waals surface area (Å²) in [7, 11) is 0. The predicted molar refractivity (Wildman–Crippen MR) is 94.6 cm³/mol. The molecule has 3 rings (SSSR count). The Balaban J connectivity index is 1.58. The fourth-order valence-electron chi connectivity index (χ4n) is 3.22. The number of para-hydroxylation sites is 1. The molecule has 0 bridgehead atoms. The van der Waals surface area contributed by atoms with E-state index in [0.717, 1.165) is 28.3 Å². The first-order valence-electron chi connectivity index (χ1n) is 8.57. The lowest BCUT2D eigenvalue weighted by molar-refractivity contribution is -0.130. The average molecular weight is 343 g/mol. The number of benzene rings is 1. The second-order valence-electron chi connectivity index (χ2n) is 6.93. The van der Waals surface area contributed by atoms with E-state index in [1.54, 1.807) is 4.90 Å². The molecule has 1 fully saturated rings. The van der Waals surface area contributed by atoms with E-state index in [-0.39, 0.29) is 12.5 Å². The quantitative estimate of drug-likeness (QED) is 0.869. The number of hydrogen-bond acceptors (Lipinski definition) is 4. The third-order valence-corrected chi connectivity index (χ3v) is 4.88. The van der Waals surface area contributed by atoms with Crippen molar-refractivity contribution in [1.82, 2.24) is 15.1 Å².